The van der Waals surface area contributed by atoms with Crippen molar-refractivity contribution in [3.05, 3.63) is 33.4 Å². The number of rotatable bonds is 4. The Balaban J connectivity index is 2.46. The van der Waals surface area contributed by atoms with Crippen molar-refractivity contribution in [2.75, 3.05) is 6.54 Å². The third-order valence-corrected chi connectivity index (χ3v) is 3.32. The molecule has 0 radical (unpaired) electrons. The molecule has 0 N–H and O–H groups in total. The number of imide groups is 1. The molecular formula is C14H14F3NO4. The molecule has 1 aliphatic heterocycles. The summed E-state index contributed by atoms with van der Waals surface area (Å²) in [5.74, 6) is -2.23. The van der Waals surface area contributed by atoms with Crippen molar-refractivity contribution in [1.29, 1.82) is 0 Å². The molecule has 0 aliphatic carbocycles. The van der Waals surface area contributed by atoms with Crippen LogP contribution >= 0.6 is 0 Å². The summed E-state index contributed by atoms with van der Waals surface area (Å²) in [5, 5.41) is 0. The molecule has 2 rings (SSSR count). The summed E-state index contributed by atoms with van der Waals surface area (Å²) in [6.07, 6.45) is -3.39. The molecule has 0 bridgehead atoms. The van der Waals surface area contributed by atoms with Crippen LogP contribution < -0.4 is 5.63 Å². The number of carbonyl (C=O) groups excluding carboxylic acids is 2. The molecule has 2 heterocycles. The van der Waals surface area contributed by atoms with E-state index in [1.807, 2.05) is 6.92 Å². The van der Waals surface area contributed by atoms with E-state index in [2.05, 4.69) is 0 Å². The van der Waals surface area contributed by atoms with Gasteiger partial charge in [-0.25, -0.2) is 4.79 Å². The minimum atomic E-state index is -4.68. The number of amides is 2. The molecule has 5 nitrogen and oxygen atoms in total. The normalized spacial score (nSPS) is 15.2. The third kappa shape index (κ3) is 3.37. The summed E-state index contributed by atoms with van der Waals surface area (Å²) in [6.45, 7) is 0.260. The van der Waals surface area contributed by atoms with Gasteiger partial charge in [-0.15, -0.1) is 0 Å². The van der Waals surface area contributed by atoms with Crippen LogP contribution in [0.25, 0.3) is 0 Å². The number of nitrogens with zero attached hydrogens (tertiary/aromatic N) is 1. The molecule has 0 saturated heterocycles. The summed E-state index contributed by atoms with van der Waals surface area (Å²) in [5.41, 5.74) is -0.468. The Bertz CT molecular complexity index is 663. The zero-order valence-corrected chi connectivity index (χ0v) is 11.8. The maximum atomic E-state index is 12.5. The van der Waals surface area contributed by atoms with Crippen LogP contribution in [0.3, 0.4) is 0 Å². The molecule has 0 unspecified atom stereocenters. The quantitative estimate of drug-likeness (QED) is 0.797. The van der Waals surface area contributed by atoms with E-state index in [0.717, 1.165) is 12.5 Å². The fourth-order valence-electron chi connectivity index (χ4n) is 2.36. The minimum absolute atomic E-state index is 0.0862. The fourth-order valence-corrected chi connectivity index (χ4v) is 2.36. The zero-order valence-electron chi connectivity index (χ0n) is 11.8. The summed E-state index contributed by atoms with van der Waals surface area (Å²) < 4.78 is 42.4. The second-order valence-corrected chi connectivity index (χ2v) is 5.07. The lowest BCUT2D eigenvalue weighted by atomic mass is 9.96. The first-order valence-electron chi connectivity index (χ1n) is 6.80. The summed E-state index contributed by atoms with van der Waals surface area (Å²) in [7, 11) is 0. The van der Waals surface area contributed by atoms with Crippen LogP contribution in [0.15, 0.2) is 15.3 Å². The largest absolute Gasteiger partial charge is 0.426 e. The summed E-state index contributed by atoms with van der Waals surface area (Å²) in [4.78, 5) is 35.6. The van der Waals surface area contributed by atoms with Crippen LogP contribution in [0.4, 0.5) is 13.2 Å². The van der Waals surface area contributed by atoms with Crippen molar-refractivity contribution < 1.29 is 27.2 Å². The van der Waals surface area contributed by atoms with Gasteiger partial charge in [0.05, 0.1) is 12.0 Å². The van der Waals surface area contributed by atoms with Crippen molar-refractivity contribution in [2.45, 2.75) is 38.8 Å². The SMILES string of the molecule is CCCCc1cc(=O)oc2c1C(=O)N(CC(F)(F)F)C(=O)C2. The number of hydrogen-bond acceptors (Lipinski definition) is 4. The van der Waals surface area contributed by atoms with E-state index in [1.54, 1.807) is 0 Å². The van der Waals surface area contributed by atoms with Gasteiger partial charge in [0.2, 0.25) is 5.91 Å². The third-order valence-electron chi connectivity index (χ3n) is 3.32. The first-order chi connectivity index (χ1) is 10.2. The Labute approximate surface area is 123 Å². The molecule has 2 amide bonds. The molecule has 0 saturated carbocycles. The van der Waals surface area contributed by atoms with Gasteiger partial charge in [0.1, 0.15) is 12.3 Å². The minimum Gasteiger partial charge on any atom is -0.426 e. The van der Waals surface area contributed by atoms with Gasteiger partial charge in [0.25, 0.3) is 5.91 Å². The first kappa shape index (κ1) is 16.3. The Morgan fingerprint density at radius 1 is 1.27 bits per heavy atom. The fraction of sp³-hybridized carbons (Fsp3) is 0.500. The average molecular weight is 317 g/mol. The van der Waals surface area contributed by atoms with Gasteiger partial charge in [-0.1, -0.05) is 13.3 Å². The lowest BCUT2D eigenvalue weighted by molar-refractivity contribution is -0.156. The molecule has 1 aromatic heterocycles. The van der Waals surface area contributed by atoms with Gasteiger partial charge < -0.3 is 4.42 Å². The molecule has 1 aromatic rings. The monoisotopic (exact) mass is 317 g/mol. The van der Waals surface area contributed by atoms with E-state index < -0.39 is 36.6 Å². The van der Waals surface area contributed by atoms with Gasteiger partial charge in [0.15, 0.2) is 0 Å². The highest BCUT2D eigenvalue weighted by molar-refractivity contribution is 6.09. The highest BCUT2D eigenvalue weighted by Crippen LogP contribution is 2.26. The molecule has 0 atom stereocenters. The van der Waals surface area contributed by atoms with Gasteiger partial charge in [0, 0.05) is 6.07 Å². The lowest BCUT2D eigenvalue weighted by Gasteiger charge is -2.27. The van der Waals surface area contributed by atoms with E-state index in [1.165, 1.54) is 0 Å². The number of aryl methyl sites for hydroxylation is 1. The molecule has 0 aromatic carbocycles. The summed E-state index contributed by atoms with van der Waals surface area (Å²) >= 11 is 0. The predicted octanol–water partition coefficient (Wildman–Crippen LogP) is 2.07. The predicted molar refractivity (Wildman–Crippen MR) is 69.4 cm³/mol. The van der Waals surface area contributed by atoms with Gasteiger partial charge in [-0.05, 0) is 18.4 Å². The van der Waals surface area contributed by atoms with Crippen LogP contribution in [0.5, 0.6) is 0 Å². The highest BCUT2D eigenvalue weighted by Gasteiger charge is 2.41. The molecule has 8 heteroatoms. The second kappa shape index (κ2) is 5.94. The maximum absolute atomic E-state index is 12.5. The molecule has 22 heavy (non-hydrogen) atoms. The number of hydrogen-bond donors (Lipinski definition) is 0. The topological polar surface area (TPSA) is 67.6 Å². The van der Waals surface area contributed by atoms with E-state index in [9.17, 15) is 27.6 Å². The molecular weight excluding hydrogens is 303 g/mol. The molecule has 0 spiro atoms. The Morgan fingerprint density at radius 3 is 2.55 bits per heavy atom. The zero-order chi connectivity index (χ0) is 16.5. The van der Waals surface area contributed by atoms with Crippen LogP contribution in [-0.2, 0) is 17.6 Å². The Hall–Kier alpha value is -2.12. The first-order valence-corrected chi connectivity index (χ1v) is 6.80. The smallest absolute Gasteiger partial charge is 0.406 e. The van der Waals surface area contributed by atoms with Crippen LogP contribution in [0, 0.1) is 0 Å². The van der Waals surface area contributed by atoms with Crippen molar-refractivity contribution >= 4 is 11.8 Å². The molecule has 0 fully saturated rings. The number of alkyl halides is 3. The number of halogens is 3. The van der Waals surface area contributed by atoms with E-state index >= 15 is 0 Å². The molecule has 120 valence electrons. The summed E-state index contributed by atoms with van der Waals surface area (Å²) in [6, 6.07) is 1.11. The van der Waals surface area contributed by atoms with Crippen molar-refractivity contribution in [1.82, 2.24) is 4.90 Å². The van der Waals surface area contributed by atoms with Gasteiger partial charge >= 0.3 is 11.8 Å². The van der Waals surface area contributed by atoms with Gasteiger partial charge in [-0.2, -0.15) is 13.2 Å². The molecule has 1 aliphatic rings. The van der Waals surface area contributed by atoms with Gasteiger partial charge in [-0.3, -0.25) is 14.5 Å². The van der Waals surface area contributed by atoms with Crippen molar-refractivity contribution in [3.63, 3.8) is 0 Å². The van der Waals surface area contributed by atoms with Crippen LogP contribution in [0.2, 0.25) is 0 Å². The standard InChI is InChI=1S/C14H14F3NO4/c1-2-3-4-8-5-11(20)22-9-6-10(19)18(7-14(15,16)17)13(21)12(8)9/h5H,2-4,6-7H2,1H3. The van der Waals surface area contributed by atoms with E-state index in [0.29, 0.717) is 18.4 Å². The number of unbranched alkanes of at least 4 members (excludes halogenated alkanes) is 1. The van der Waals surface area contributed by atoms with Crippen LogP contribution in [-0.4, -0.2) is 29.4 Å². The van der Waals surface area contributed by atoms with E-state index in [-0.39, 0.29) is 16.2 Å². The second-order valence-electron chi connectivity index (χ2n) is 5.07. The number of fused-ring (bicyclic) bond motifs is 1. The highest BCUT2D eigenvalue weighted by atomic mass is 19.4. The average Bonchev–Trinajstić information content (AvgIpc) is 2.39. The number of carbonyl (C=O) groups is 2. The van der Waals surface area contributed by atoms with Crippen molar-refractivity contribution in [2.24, 2.45) is 0 Å². The Morgan fingerprint density at radius 2 is 1.95 bits per heavy atom. The Kier molecular flexibility index (Phi) is 4.39. The lowest BCUT2D eigenvalue weighted by Crippen LogP contribution is -2.47. The van der Waals surface area contributed by atoms with E-state index in [4.69, 9.17) is 4.42 Å². The van der Waals surface area contributed by atoms with Crippen LogP contribution in [0.1, 0.15) is 41.4 Å². The van der Waals surface area contributed by atoms with Crippen molar-refractivity contribution in [3.8, 4) is 0 Å². The maximum Gasteiger partial charge on any atom is 0.406 e.